The van der Waals surface area contributed by atoms with Gasteiger partial charge in [0.1, 0.15) is 17.4 Å². The van der Waals surface area contributed by atoms with Crippen molar-refractivity contribution in [1.82, 2.24) is 15.2 Å². The van der Waals surface area contributed by atoms with Gasteiger partial charge in [0.05, 0.1) is 19.8 Å². The summed E-state index contributed by atoms with van der Waals surface area (Å²) in [5.74, 6) is 7.01. The molecule has 0 saturated heterocycles. The third-order valence-electron chi connectivity index (χ3n) is 5.35. The third-order valence-corrected chi connectivity index (χ3v) is 5.35. The van der Waals surface area contributed by atoms with Gasteiger partial charge in [-0.2, -0.15) is 0 Å². The van der Waals surface area contributed by atoms with Crippen LogP contribution in [0.5, 0.6) is 11.6 Å². The van der Waals surface area contributed by atoms with Gasteiger partial charge in [-0.1, -0.05) is 24.8 Å². The number of aliphatic hydroxyl groups excluding tert-OH is 1. The highest BCUT2D eigenvalue weighted by Gasteiger charge is 2.33. The van der Waals surface area contributed by atoms with E-state index in [1.807, 2.05) is 45.2 Å². The highest BCUT2D eigenvalue weighted by Crippen LogP contribution is 2.26. The lowest BCUT2D eigenvalue weighted by atomic mass is 10.0. The molecule has 0 radical (unpaired) electrons. The van der Waals surface area contributed by atoms with E-state index in [2.05, 4.69) is 22.1 Å². The fourth-order valence-corrected chi connectivity index (χ4v) is 3.46. The molecule has 7 nitrogen and oxygen atoms in total. The Hall–Kier alpha value is -3.08. The lowest BCUT2D eigenvalue weighted by Gasteiger charge is -2.36. The topological polar surface area (TPSA) is 83.9 Å². The average Bonchev–Trinajstić information content (AvgIpc) is 2.79. The third kappa shape index (κ3) is 5.35. The molecule has 0 fully saturated rings. The maximum Gasteiger partial charge on any atom is 0.259 e. The smallest absolute Gasteiger partial charge is 0.259 e. The first-order valence-corrected chi connectivity index (χ1v) is 10.4. The Bertz CT molecular complexity index is 982. The van der Waals surface area contributed by atoms with Crippen LogP contribution in [0.1, 0.15) is 35.3 Å². The molecule has 2 aromatic rings. The van der Waals surface area contributed by atoms with Crippen molar-refractivity contribution in [3.8, 4) is 23.5 Å². The molecule has 3 atom stereocenters. The number of nitrogens with one attached hydrogen (secondary N) is 1. The number of carbonyl (C=O) groups is 1. The molecular weight excluding hydrogens is 394 g/mol. The van der Waals surface area contributed by atoms with Crippen LogP contribution in [0.25, 0.3) is 0 Å². The summed E-state index contributed by atoms with van der Waals surface area (Å²) >= 11 is 0. The predicted molar refractivity (Wildman–Crippen MR) is 118 cm³/mol. The fourth-order valence-electron chi connectivity index (χ4n) is 3.46. The van der Waals surface area contributed by atoms with Crippen LogP contribution in [-0.2, 0) is 0 Å². The molecule has 0 bridgehead atoms. The molecule has 1 amide bonds. The fraction of sp³-hybridized carbons (Fsp3) is 0.417. The zero-order valence-corrected chi connectivity index (χ0v) is 18.4. The number of carbonyl (C=O) groups excluding carboxylic acids is 1. The van der Waals surface area contributed by atoms with Crippen LogP contribution in [0.2, 0.25) is 0 Å². The maximum absolute atomic E-state index is 13.3. The van der Waals surface area contributed by atoms with E-state index in [0.29, 0.717) is 30.1 Å². The molecule has 0 saturated carbocycles. The van der Waals surface area contributed by atoms with Gasteiger partial charge >= 0.3 is 0 Å². The van der Waals surface area contributed by atoms with Gasteiger partial charge in [0.25, 0.3) is 5.91 Å². The van der Waals surface area contributed by atoms with Crippen LogP contribution in [0.15, 0.2) is 36.5 Å². The largest absolute Gasteiger partial charge is 0.497 e. The molecule has 164 valence electrons. The molecule has 1 aliphatic heterocycles. The summed E-state index contributed by atoms with van der Waals surface area (Å²) in [6.07, 6.45) is 1.45. The van der Waals surface area contributed by atoms with Crippen LogP contribution in [0.4, 0.5) is 0 Å². The van der Waals surface area contributed by atoms with Crippen molar-refractivity contribution >= 4 is 5.91 Å². The Morgan fingerprint density at radius 2 is 2.13 bits per heavy atom. The zero-order valence-electron chi connectivity index (χ0n) is 18.4. The van der Waals surface area contributed by atoms with Gasteiger partial charge in [0.15, 0.2) is 0 Å². The number of rotatable bonds is 5. The molecule has 31 heavy (non-hydrogen) atoms. The Balaban J connectivity index is 1.99. The number of nitrogens with zero attached hydrogens (tertiary/aromatic N) is 2. The van der Waals surface area contributed by atoms with E-state index in [4.69, 9.17) is 9.47 Å². The number of likely N-dealkylation sites (N-methyl/N-ethyl adjacent to an activating group) is 1. The van der Waals surface area contributed by atoms with Crippen molar-refractivity contribution in [2.45, 2.75) is 26.0 Å². The first kappa shape index (κ1) is 22.6. The van der Waals surface area contributed by atoms with Crippen molar-refractivity contribution in [2.75, 3.05) is 33.9 Å². The minimum absolute atomic E-state index is 0.0629. The normalized spacial score (nSPS) is 19.3. The summed E-state index contributed by atoms with van der Waals surface area (Å²) in [5.41, 5.74) is 1.76. The van der Waals surface area contributed by atoms with Crippen LogP contribution >= 0.6 is 0 Å². The molecule has 1 aliphatic rings. The van der Waals surface area contributed by atoms with Crippen LogP contribution in [0.3, 0.4) is 0 Å². The number of hydrogen-bond donors (Lipinski definition) is 2. The van der Waals surface area contributed by atoms with E-state index in [9.17, 15) is 9.90 Å². The number of aliphatic hydroxyl groups is 1. The highest BCUT2D eigenvalue weighted by atomic mass is 16.5. The van der Waals surface area contributed by atoms with Crippen molar-refractivity contribution in [1.29, 1.82) is 0 Å². The molecule has 0 aliphatic carbocycles. The summed E-state index contributed by atoms with van der Waals surface area (Å²) in [5, 5.41) is 12.8. The molecule has 2 heterocycles. The molecule has 0 spiro atoms. The maximum atomic E-state index is 13.3. The minimum Gasteiger partial charge on any atom is -0.497 e. The number of hydrogen-bond acceptors (Lipinski definition) is 6. The monoisotopic (exact) mass is 423 g/mol. The molecular formula is C24H29N3O4. The quantitative estimate of drug-likeness (QED) is 0.715. The Morgan fingerprint density at radius 3 is 2.84 bits per heavy atom. The number of ether oxygens (including phenoxy) is 2. The summed E-state index contributed by atoms with van der Waals surface area (Å²) in [7, 11) is 3.47. The molecule has 0 unspecified atom stereocenters. The Kier molecular flexibility index (Phi) is 7.50. The van der Waals surface area contributed by atoms with Crippen molar-refractivity contribution in [2.24, 2.45) is 5.92 Å². The lowest BCUT2D eigenvalue weighted by Crippen LogP contribution is -2.49. The van der Waals surface area contributed by atoms with E-state index < -0.39 is 0 Å². The van der Waals surface area contributed by atoms with Gasteiger partial charge in [0, 0.05) is 36.3 Å². The second-order valence-electron chi connectivity index (χ2n) is 7.74. The van der Waals surface area contributed by atoms with Crippen molar-refractivity contribution in [3.05, 3.63) is 53.2 Å². The summed E-state index contributed by atoms with van der Waals surface area (Å²) in [4.78, 5) is 19.4. The predicted octanol–water partition coefficient (Wildman–Crippen LogP) is 1.93. The zero-order chi connectivity index (χ0) is 22.4. The first-order valence-electron chi connectivity index (χ1n) is 10.4. The first-order chi connectivity index (χ1) is 15.0. The standard InChI is InChI=1S/C24H29N3O4/c1-16-14-27(17(2)15-28)24(29)21-11-19(12-26-23(21)31-22(16)13-25-3)9-8-18-6-5-7-20(10-18)30-4/h5-7,10-12,16-17,22,25,28H,13-15H2,1-4H3/t16-,17-,22-/m0/s1. The second-order valence-corrected chi connectivity index (χ2v) is 7.74. The van der Waals surface area contributed by atoms with Gasteiger partial charge in [0.2, 0.25) is 5.88 Å². The molecule has 3 rings (SSSR count). The summed E-state index contributed by atoms with van der Waals surface area (Å²) < 4.78 is 11.4. The van der Waals surface area contributed by atoms with Crippen LogP contribution < -0.4 is 14.8 Å². The van der Waals surface area contributed by atoms with E-state index in [-0.39, 0.29) is 30.6 Å². The molecule has 2 N–H and O–H groups in total. The number of benzene rings is 1. The number of aromatic nitrogens is 1. The van der Waals surface area contributed by atoms with Gasteiger partial charge in [-0.25, -0.2) is 4.98 Å². The molecule has 7 heteroatoms. The minimum atomic E-state index is -0.317. The average molecular weight is 424 g/mol. The Morgan fingerprint density at radius 1 is 1.35 bits per heavy atom. The van der Waals surface area contributed by atoms with Gasteiger partial charge < -0.3 is 24.8 Å². The summed E-state index contributed by atoms with van der Waals surface area (Å²) in [6, 6.07) is 8.85. The Labute approximate surface area is 183 Å². The van der Waals surface area contributed by atoms with E-state index in [1.165, 1.54) is 0 Å². The van der Waals surface area contributed by atoms with Gasteiger partial charge in [-0.3, -0.25) is 4.79 Å². The lowest BCUT2D eigenvalue weighted by molar-refractivity contribution is 0.0404. The molecule has 1 aromatic heterocycles. The number of methoxy groups -OCH3 is 1. The van der Waals surface area contributed by atoms with Crippen molar-refractivity contribution in [3.63, 3.8) is 0 Å². The number of amides is 1. The second kappa shape index (κ2) is 10.3. The van der Waals surface area contributed by atoms with E-state index >= 15 is 0 Å². The summed E-state index contributed by atoms with van der Waals surface area (Å²) in [6.45, 7) is 4.85. The number of fused-ring (bicyclic) bond motifs is 1. The SMILES string of the molecule is CNC[C@@H]1Oc2ncc(C#Cc3cccc(OC)c3)cc2C(=O)N([C@@H](C)CO)C[C@@H]1C. The highest BCUT2D eigenvalue weighted by molar-refractivity contribution is 5.97. The van der Waals surface area contributed by atoms with Crippen LogP contribution in [-0.4, -0.2) is 66.9 Å². The van der Waals surface area contributed by atoms with E-state index in [1.54, 1.807) is 24.3 Å². The van der Waals surface area contributed by atoms with E-state index in [0.717, 1.165) is 11.3 Å². The van der Waals surface area contributed by atoms with Crippen LogP contribution in [0, 0.1) is 17.8 Å². The molecule has 1 aromatic carbocycles. The number of pyridine rings is 1. The van der Waals surface area contributed by atoms with Crippen molar-refractivity contribution < 1.29 is 19.4 Å². The van der Waals surface area contributed by atoms with Gasteiger partial charge in [-0.15, -0.1) is 0 Å². The van der Waals surface area contributed by atoms with Gasteiger partial charge in [-0.05, 0) is 38.2 Å².